The molecule has 1 aliphatic carbocycles. The van der Waals surface area contributed by atoms with Gasteiger partial charge in [0.15, 0.2) is 4.90 Å². The second-order valence-electron chi connectivity index (χ2n) is 10.3. The zero-order chi connectivity index (χ0) is 31.8. The molecule has 5 rings (SSSR count). The largest absolute Gasteiger partial charge is 0.604 e. The minimum Gasteiger partial charge on any atom is -0.604 e. The Morgan fingerprint density at radius 3 is 2.61 bits per heavy atom. The molecule has 0 spiro atoms. The Morgan fingerprint density at radius 1 is 1.23 bits per heavy atom. The molecular weight excluding hydrogens is 734 g/mol. The molecule has 9 nitrogen and oxygen atoms in total. The van der Waals surface area contributed by atoms with Gasteiger partial charge in [-0.25, -0.2) is 18.2 Å². The van der Waals surface area contributed by atoms with Gasteiger partial charge in [-0.05, 0) is 30.7 Å². The van der Waals surface area contributed by atoms with E-state index in [0.29, 0.717) is 0 Å². The van der Waals surface area contributed by atoms with Crippen LogP contribution < -0.4 is 15.1 Å². The third-order valence-corrected chi connectivity index (χ3v) is 9.79. The second-order valence-corrected chi connectivity index (χ2v) is 14.0. The lowest BCUT2D eigenvalue weighted by Crippen LogP contribution is -2.56. The van der Waals surface area contributed by atoms with Crippen molar-refractivity contribution >= 4 is 70.4 Å². The summed E-state index contributed by atoms with van der Waals surface area (Å²) in [5.74, 6) is -5.97. The monoisotopic (exact) mass is 755 g/mol. The van der Waals surface area contributed by atoms with Gasteiger partial charge >= 0.3 is 0 Å². The van der Waals surface area contributed by atoms with Gasteiger partial charge in [-0.1, -0.05) is 29.8 Å². The number of aromatic nitrogens is 1. The Bertz CT molecular complexity index is 1670. The lowest BCUT2D eigenvalue weighted by molar-refractivity contribution is -0.133. The topological polar surface area (TPSA) is 129 Å². The predicted octanol–water partition coefficient (Wildman–Crippen LogP) is 5.39. The summed E-state index contributed by atoms with van der Waals surface area (Å²) in [6.07, 6.45) is 0.00674. The molecule has 1 saturated heterocycles. The van der Waals surface area contributed by atoms with Crippen molar-refractivity contribution in [3.05, 3.63) is 82.8 Å². The van der Waals surface area contributed by atoms with Crippen LogP contribution in [0.4, 0.5) is 24.7 Å². The van der Waals surface area contributed by atoms with Gasteiger partial charge in [-0.3, -0.25) is 24.2 Å². The smallest absolute Gasteiger partial charge is 0.255 e. The fourth-order valence-corrected chi connectivity index (χ4v) is 6.73. The molecule has 1 aliphatic heterocycles. The SMILES string of the molecule is N#Cc1ccnc(N2C(=O)CC[C@H]2C(=O)N(c2cc(F)cc([S+]([O-])I)c2)[C@H](C(=O)NC2CC(F)(F)C2)c2ccccc2Cl)c1. The number of pyridine rings is 1. The molecule has 1 aromatic heterocycles. The van der Waals surface area contributed by atoms with Crippen LogP contribution in [0.25, 0.3) is 0 Å². The van der Waals surface area contributed by atoms with Crippen LogP contribution in [-0.2, 0) is 22.7 Å². The van der Waals surface area contributed by atoms with Crippen molar-refractivity contribution in [2.75, 3.05) is 9.80 Å². The van der Waals surface area contributed by atoms with Crippen LogP contribution >= 0.6 is 32.8 Å². The molecular formula is C29H22ClF3IN5O4S. The van der Waals surface area contributed by atoms with E-state index in [1.54, 1.807) is 33.3 Å². The summed E-state index contributed by atoms with van der Waals surface area (Å²) in [5, 5.41) is 12.0. The summed E-state index contributed by atoms with van der Waals surface area (Å²) < 4.78 is 54.7. The molecule has 15 heteroatoms. The highest BCUT2D eigenvalue weighted by Crippen LogP contribution is 2.40. The molecule has 1 N–H and O–H groups in total. The molecule has 2 heterocycles. The summed E-state index contributed by atoms with van der Waals surface area (Å²) in [4.78, 5) is 47.9. The van der Waals surface area contributed by atoms with Crippen molar-refractivity contribution in [3.8, 4) is 6.07 Å². The molecule has 228 valence electrons. The first kappa shape index (κ1) is 32.0. The number of hydrogen-bond donors (Lipinski definition) is 1. The normalized spacial score (nSPS) is 19.1. The van der Waals surface area contributed by atoms with Crippen LogP contribution in [0, 0.1) is 17.1 Å². The molecule has 44 heavy (non-hydrogen) atoms. The van der Waals surface area contributed by atoms with Crippen LogP contribution in [-0.4, -0.2) is 45.3 Å². The number of halogens is 5. The molecule has 1 unspecified atom stereocenters. The Morgan fingerprint density at radius 2 is 1.95 bits per heavy atom. The molecule has 3 amide bonds. The molecule has 3 aromatic rings. The third kappa shape index (κ3) is 6.65. The number of benzene rings is 2. The number of nitrogens with one attached hydrogen (secondary N) is 1. The van der Waals surface area contributed by atoms with Crippen molar-refractivity contribution < 1.29 is 32.1 Å². The van der Waals surface area contributed by atoms with Gasteiger partial charge in [0.25, 0.3) is 33.0 Å². The second kappa shape index (κ2) is 12.9. The lowest BCUT2D eigenvalue weighted by Gasteiger charge is -2.39. The first-order valence-electron chi connectivity index (χ1n) is 13.2. The van der Waals surface area contributed by atoms with E-state index >= 15 is 0 Å². The van der Waals surface area contributed by atoms with E-state index in [4.69, 9.17) is 11.6 Å². The summed E-state index contributed by atoms with van der Waals surface area (Å²) >= 11 is 8.08. The van der Waals surface area contributed by atoms with E-state index in [9.17, 15) is 37.4 Å². The standard InChI is InChI=1S/C29H22ClF3IN5O4S/c30-22-4-2-1-3-21(22)26(27(41)37-18-13-29(32,33)14-18)38(19-10-17(31)11-20(12-19)44(34)43)28(42)23-5-6-25(40)39(23)24-9-16(15-35)7-8-36-24/h1-4,7-12,18,23,26H,5-6,13-14H2,(H,37,41)/t23-,26-,44?/m0/s1. The summed E-state index contributed by atoms with van der Waals surface area (Å²) in [5.41, 5.74) is 0.114. The van der Waals surface area contributed by atoms with Crippen molar-refractivity contribution in [1.29, 1.82) is 5.26 Å². The summed E-state index contributed by atoms with van der Waals surface area (Å²) in [6.45, 7) is 0. The molecule has 0 bridgehead atoms. The number of alkyl halides is 2. The average molecular weight is 756 g/mol. The van der Waals surface area contributed by atoms with Crippen LogP contribution in [0.5, 0.6) is 0 Å². The number of nitriles is 1. The van der Waals surface area contributed by atoms with Gasteiger partial charge in [0.05, 0.1) is 25.7 Å². The zero-order valence-electron chi connectivity index (χ0n) is 22.6. The van der Waals surface area contributed by atoms with Crippen LogP contribution in [0.2, 0.25) is 5.02 Å². The van der Waals surface area contributed by atoms with Gasteiger partial charge in [0, 0.05) is 54.2 Å². The van der Waals surface area contributed by atoms with Crippen molar-refractivity contribution in [2.45, 2.75) is 54.6 Å². The quantitative estimate of drug-likeness (QED) is 0.243. The average Bonchev–Trinajstić information content (AvgIpc) is 3.36. The van der Waals surface area contributed by atoms with Gasteiger partial charge < -0.3 is 9.87 Å². The highest BCUT2D eigenvalue weighted by atomic mass is 127. The van der Waals surface area contributed by atoms with E-state index < -0.39 is 68.8 Å². The highest BCUT2D eigenvalue weighted by molar-refractivity contribution is 14.2. The number of anilines is 2. The summed E-state index contributed by atoms with van der Waals surface area (Å²) in [6, 6.07) is 10.3. The molecule has 0 radical (unpaired) electrons. The van der Waals surface area contributed by atoms with Gasteiger partial charge in [-0.15, -0.1) is 0 Å². The molecule has 2 fully saturated rings. The number of nitrogens with zero attached hydrogens (tertiary/aromatic N) is 4. The number of carbonyl (C=O) groups is 3. The fraction of sp³-hybridized carbons (Fsp3) is 0.276. The minimum atomic E-state index is -2.95. The van der Waals surface area contributed by atoms with Gasteiger partial charge in [0.2, 0.25) is 11.8 Å². The van der Waals surface area contributed by atoms with E-state index in [1.165, 1.54) is 36.5 Å². The van der Waals surface area contributed by atoms with E-state index in [-0.39, 0.29) is 45.4 Å². The van der Waals surface area contributed by atoms with E-state index in [1.807, 2.05) is 6.07 Å². The molecule has 2 aliphatic rings. The Labute approximate surface area is 270 Å². The van der Waals surface area contributed by atoms with Crippen LogP contribution in [0.15, 0.2) is 65.7 Å². The maximum absolute atomic E-state index is 15.0. The number of amides is 3. The van der Waals surface area contributed by atoms with Crippen molar-refractivity contribution in [3.63, 3.8) is 0 Å². The van der Waals surface area contributed by atoms with Gasteiger partial charge in [0.1, 0.15) is 23.7 Å². The first-order chi connectivity index (χ1) is 20.9. The lowest BCUT2D eigenvalue weighted by atomic mass is 9.87. The van der Waals surface area contributed by atoms with E-state index in [0.717, 1.165) is 21.9 Å². The Kier molecular flexibility index (Phi) is 9.40. The van der Waals surface area contributed by atoms with Crippen LogP contribution in [0.3, 0.4) is 0 Å². The third-order valence-electron chi connectivity index (χ3n) is 7.32. The predicted molar refractivity (Wildman–Crippen MR) is 164 cm³/mol. The molecule has 3 atom stereocenters. The van der Waals surface area contributed by atoms with Gasteiger partial charge in [-0.2, -0.15) is 5.26 Å². The molecule has 1 saturated carbocycles. The number of hydrogen-bond acceptors (Lipinski definition) is 6. The van der Waals surface area contributed by atoms with Crippen molar-refractivity contribution in [1.82, 2.24) is 10.3 Å². The number of rotatable bonds is 8. The maximum atomic E-state index is 15.0. The first-order valence-corrected chi connectivity index (χ1v) is 17.3. The Hall–Kier alpha value is -3.39. The maximum Gasteiger partial charge on any atom is 0.255 e. The van der Waals surface area contributed by atoms with Crippen LogP contribution in [0.1, 0.15) is 42.9 Å². The zero-order valence-corrected chi connectivity index (χ0v) is 26.3. The Balaban J connectivity index is 1.66. The molecule has 2 aromatic carbocycles. The summed E-state index contributed by atoms with van der Waals surface area (Å²) in [7, 11) is -1.73. The van der Waals surface area contributed by atoms with Crippen molar-refractivity contribution in [2.24, 2.45) is 0 Å². The highest BCUT2D eigenvalue weighted by Gasteiger charge is 2.49. The fourth-order valence-electron chi connectivity index (χ4n) is 5.31. The van der Waals surface area contributed by atoms with E-state index in [2.05, 4.69) is 10.3 Å². The number of carbonyl (C=O) groups excluding carboxylic acids is 3. The minimum absolute atomic E-state index is 0.00176.